The SMILES string of the molecule is CC(=O)OC[C@H]1O[C@@H](n2cnc3c(=O)[nH]c(N)nc32)[C@@H](O)[C@@H]1O. The van der Waals surface area contributed by atoms with Crippen molar-refractivity contribution in [2.75, 3.05) is 12.3 Å². The van der Waals surface area contributed by atoms with Gasteiger partial charge in [0.25, 0.3) is 5.56 Å². The molecule has 2 aromatic rings. The van der Waals surface area contributed by atoms with Gasteiger partial charge in [-0.25, -0.2) is 4.98 Å². The number of fused-ring (bicyclic) bond motifs is 1. The number of H-pyrrole nitrogens is 1. The molecule has 1 saturated heterocycles. The first-order chi connectivity index (χ1) is 10.9. The summed E-state index contributed by atoms with van der Waals surface area (Å²) in [5.41, 5.74) is 5.10. The van der Waals surface area contributed by atoms with Gasteiger partial charge in [0, 0.05) is 6.92 Å². The van der Waals surface area contributed by atoms with E-state index in [1.54, 1.807) is 0 Å². The number of imidazole rings is 1. The Labute approximate surface area is 128 Å². The maximum absolute atomic E-state index is 11.8. The van der Waals surface area contributed by atoms with Crippen molar-refractivity contribution in [2.24, 2.45) is 0 Å². The molecule has 0 aromatic carbocycles. The summed E-state index contributed by atoms with van der Waals surface area (Å²) in [6, 6.07) is 0. The normalized spacial score (nSPS) is 27.4. The summed E-state index contributed by atoms with van der Waals surface area (Å²) in [6.45, 7) is 1.00. The molecule has 3 heterocycles. The van der Waals surface area contributed by atoms with E-state index < -0.39 is 36.1 Å². The molecule has 1 aliphatic heterocycles. The first-order valence-corrected chi connectivity index (χ1v) is 6.75. The number of aromatic nitrogens is 4. The molecule has 0 unspecified atom stereocenters. The lowest BCUT2D eigenvalue weighted by Crippen LogP contribution is -2.34. The molecule has 0 amide bonds. The van der Waals surface area contributed by atoms with Crippen LogP contribution in [0.15, 0.2) is 11.1 Å². The van der Waals surface area contributed by atoms with Crippen molar-refractivity contribution in [3.63, 3.8) is 0 Å². The van der Waals surface area contributed by atoms with Gasteiger partial charge in [-0.2, -0.15) is 4.98 Å². The number of anilines is 1. The van der Waals surface area contributed by atoms with Gasteiger partial charge in [-0.15, -0.1) is 0 Å². The van der Waals surface area contributed by atoms with Gasteiger partial charge in [-0.3, -0.25) is 19.1 Å². The van der Waals surface area contributed by atoms with Gasteiger partial charge in [0.2, 0.25) is 5.95 Å². The van der Waals surface area contributed by atoms with Crippen LogP contribution in [0.2, 0.25) is 0 Å². The molecule has 4 atom stereocenters. The smallest absolute Gasteiger partial charge is 0.302 e. The largest absolute Gasteiger partial charge is 0.463 e. The fourth-order valence-electron chi connectivity index (χ4n) is 2.43. The number of rotatable bonds is 3. The maximum atomic E-state index is 11.8. The van der Waals surface area contributed by atoms with Crippen LogP contribution in [0.4, 0.5) is 5.95 Å². The molecular weight excluding hydrogens is 310 g/mol. The topological polar surface area (TPSA) is 166 Å². The summed E-state index contributed by atoms with van der Waals surface area (Å²) in [5, 5.41) is 20.2. The van der Waals surface area contributed by atoms with E-state index in [-0.39, 0.29) is 23.7 Å². The Hall–Kier alpha value is -2.50. The van der Waals surface area contributed by atoms with Crippen LogP contribution < -0.4 is 11.3 Å². The van der Waals surface area contributed by atoms with Crippen LogP contribution in [0.1, 0.15) is 13.2 Å². The first-order valence-electron chi connectivity index (χ1n) is 6.75. The highest BCUT2D eigenvalue weighted by molar-refractivity contribution is 5.70. The van der Waals surface area contributed by atoms with Crippen LogP contribution >= 0.6 is 0 Å². The van der Waals surface area contributed by atoms with E-state index in [2.05, 4.69) is 15.0 Å². The van der Waals surface area contributed by atoms with Crippen LogP contribution in [0.25, 0.3) is 11.2 Å². The molecule has 11 heteroatoms. The number of nitrogens with one attached hydrogen (secondary N) is 1. The Morgan fingerprint density at radius 3 is 2.96 bits per heavy atom. The molecule has 2 aromatic heterocycles. The zero-order valence-electron chi connectivity index (χ0n) is 12.0. The minimum Gasteiger partial charge on any atom is -0.463 e. The monoisotopic (exact) mass is 325 g/mol. The van der Waals surface area contributed by atoms with E-state index in [1.165, 1.54) is 17.8 Å². The van der Waals surface area contributed by atoms with Crippen molar-refractivity contribution in [2.45, 2.75) is 31.5 Å². The van der Waals surface area contributed by atoms with Crippen LogP contribution in [0.5, 0.6) is 0 Å². The highest BCUT2D eigenvalue weighted by atomic mass is 16.6. The Kier molecular flexibility index (Phi) is 3.75. The highest BCUT2D eigenvalue weighted by Gasteiger charge is 2.44. The summed E-state index contributed by atoms with van der Waals surface area (Å²) in [7, 11) is 0. The number of aromatic amines is 1. The number of nitrogen functional groups attached to an aromatic ring is 1. The van der Waals surface area contributed by atoms with E-state index in [0.29, 0.717) is 0 Å². The van der Waals surface area contributed by atoms with Crippen molar-refractivity contribution < 1.29 is 24.5 Å². The van der Waals surface area contributed by atoms with E-state index in [0.717, 1.165) is 0 Å². The van der Waals surface area contributed by atoms with Crippen molar-refractivity contribution in [3.8, 4) is 0 Å². The van der Waals surface area contributed by atoms with E-state index in [4.69, 9.17) is 15.2 Å². The van der Waals surface area contributed by atoms with Gasteiger partial charge in [0.05, 0.1) is 6.33 Å². The molecule has 0 spiro atoms. The lowest BCUT2D eigenvalue weighted by atomic mass is 10.1. The molecule has 0 bridgehead atoms. The fourth-order valence-corrected chi connectivity index (χ4v) is 2.43. The number of hydrogen-bond donors (Lipinski definition) is 4. The molecule has 124 valence electrons. The summed E-state index contributed by atoms with van der Waals surface area (Å²) in [4.78, 5) is 32.8. The Morgan fingerprint density at radius 2 is 2.26 bits per heavy atom. The van der Waals surface area contributed by atoms with Crippen molar-refractivity contribution >= 4 is 23.1 Å². The zero-order valence-corrected chi connectivity index (χ0v) is 12.0. The number of aliphatic hydroxyl groups is 2. The van der Waals surface area contributed by atoms with Gasteiger partial charge < -0.3 is 25.4 Å². The molecule has 0 saturated carbocycles. The number of nitrogens with two attached hydrogens (primary N) is 1. The summed E-state index contributed by atoms with van der Waals surface area (Å²) in [5.74, 6) is -0.651. The lowest BCUT2D eigenvalue weighted by Gasteiger charge is -2.16. The number of nitrogens with zero attached hydrogens (tertiary/aromatic N) is 3. The van der Waals surface area contributed by atoms with Crippen molar-refractivity contribution in [1.82, 2.24) is 19.5 Å². The zero-order chi connectivity index (χ0) is 16.7. The molecule has 0 radical (unpaired) electrons. The molecule has 3 rings (SSSR count). The quantitative estimate of drug-likeness (QED) is 0.462. The molecule has 1 fully saturated rings. The van der Waals surface area contributed by atoms with Crippen LogP contribution in [-0.2, 0) is 14.3 Å². The van der Waals surface area contributed by atoms with Gasteiger partial charge in [-0.05, 0) is 0 Å². The first kappa shape index (κ1) is 15.4. The van der Waals surface area contributed by atoms with Crippen LogP contribution in [0.3, 0.4) is 0 Å². The van der Waals surface area contributed by atoms with Gasteiger partial charge in [0.1, 0.15) is 24.9 Å². The maximum Gasteiger partial charge on any atom is 0.302 e. The van der Waals surface area contributed by atoms with Gasteiger partial charge >= 0.3 is 5.97 Å². The molecule has 11 nitrogen and oxygen atoms in total. The number of carbonyl (C=O) groups excluding carboxylic acids is 1. The number of aliphatic hydroxyl groups excluding tert-OH is 2. The predicted molar refractivity (Wildman–Crippen MR) is 75.1 cm³/mol. The minimum absolute atomic E-state index is 0.0212. The van der Waals surface area contributed by atoms with Crippen molar-refractivity contribution in [1.29, 1.82) is 0 Å². The summed E-state index contributed by atoms with van der Waals surface area (Å²) < 4.78 is 11.6. The average Bonchev–Trinajstić information content (AvgIpc) is 3.00. The highest BCUT2D eigenvalue weighted by Crippen LogP contribution is 2.31. The average molecular weight is 325 g/mol. The molecular formula is C12H15N5O6. The molecule has 5 N–H and O–H groups in total. The predicted octanol–water partition coefficient (Wildman–Crippen LogP) is -2.12. The Balaban J connectivity index is 1.93. The Bertz CT molecular complexity index is 801. The summed E-state index contributed by atoms with van der Waals surface area (Å²) >= 11 is 0. The van der Waals surface area contributed by atoms with Gasteiger partial charge in [-0.1, -0.05) is 0 Å². The fraction of sp³-hybridized carbons (Fsp3) is 0.500. The number of carbonyl (C=O) groups is 1. The van der Waals surface area contributed by atoms with E-state index in [1.807, 2.05) is 0 Å². The van der Waals surface area contributed by atoms with Crippen LogP contribution in [-0.4, -0.2) is 60.6 Å². The second-order valence-electron chi connectivity index (χ2n) is 5.12. The second-order valence-corrected chi connectivity index (χ2v) is 5.12. The minimum atomic E-state index is -1.32. The second kappa shape index (κ2) is 5.61. The number of hydrogen-bond acceptors (Lipinski definition) is 9. The molecule has 23 heavy (non-hydrogen) atoms. The third-order valence-electron chi connectivity index (χ3n) is 3.51. The standard InChI is InChI=1S/C12H15N5O6/c1-4(18)22-2-5-7(19)8(20)11(23-5)17-3-14-6-9(17)15-12(13)16-10(6)21/h3,5,7-8,11,19-20H,2H2,1H3,(H3,13,15,16,21)/t5-,7-,8+,11-/m1/s1. The van der Waals surface area contributed by atoms with Crippen LogP contribution in [0, 0.1) is 0 Å². The number of esters is 1. The Morgan fingerprint density at radius 1 is 1.52 bits per heavy atom. The third-order valence-corrected chi connectivity index (χ3v) is 3.51. The summed E-state index contributed by atoms with van der Waals surface area (Å²) in [6.07, 6.45) is -3.33. The van der Waals surface area contributed by atoms with E-state index in [9.17, 15) is 19.8 Å². The van der Waals surface area contributed by atoms with Crippen molar-refractivity contribution in [3.05, 3.63) is 16.7 Å². The lowest BCUT2D eigenvalue weighted by molar-refractivity contribution is -0.147. The van der Waals surface area contributed by atoms with E-state index >= 15 is 0 Å². The van der Waals surface area contributed by atoms with Gasteiger partial charge in [0.15, 0.2) is 17.4 Å². The molecule has 1 aliphatic rings. The number of ether oxygens (including phenoxy) is 2. The third kappa shape index (κ3) is 2.65. The molecule has 0 aliphatic carbocycles.